The van der Waals surface area contributed by atoms with Gasteiger partial charge in [-0.3, -0.25) is 4.79 Å². The van der Waals surface area contributed by atoms with Gasteiger partial charge in [0.15, 0.2) is 12.4 Å². The van der Waals surface area contributed by atoms with Gasteiger partial charge in [-0.05, 0) is 11.5 Å². The van der Waals surface area contributed by atoms with Crippen LogP contribution >= 0.6 is 0 Å². The van der Waals surface area contributed by atoms with Gasteiger partial charge in [-0.15, -0.1) is 0 Å². The van der Waals surface area contributed by atoms with Crippen molar-refractivity contribution in [1.82, 2.24) is 0 Å². The molecular weight excluding hydrogens is 202 g/mol. The molecule has 16 heavy (non-hydrogen) atoms. The molecule has 0 bridgehead atoms. The van der Waals surface area contributed by atoms with Gasteiger partial charge in [0, 0.05) is 12.4 Å². The number of benzene rings is 2. The second-order valence-corrected chi connectivity index (χ2v) is 3.88. The van der Waals surface area contributed by atoms with E-state index >= 15 is 0 Å². The van der Waals surface area contributed by atoms with Crippen molar-refractivity contribution in [2.75, 3.05) is 18.6 Å². The van der Waals surface area contributed by atoms with Gasteiger partial charge in [-0.25, -0.2) is 0 Å². The van der Waals surface area contributed by atoms with Gasteiger partial charge in [-0.2, -0.15) is 0 Å². The van der Waals surface area contributed by atoms with Crippen LogP contribution in [0.25, 0.3) is 10.8 Å². The van der Waals surface area contributed by atoms with Crippen LogP contribution in [0, 0.1) is 0 Å². The second-order valence-electron chi connectivity index (χ2n) is 3.88. The van der Waals surface area contributed by atoms with E-state index in [1.54, 1.807) is 11.9 Å². The smallest absolute Gasteiger partial charge is 0.264 e. The Bertz CT molecular complexity index is 577. The Kier molecular flexibility index (Phi) is 1.86. The van der Waals surface area contributed by atoms with E-state index in [0.717, 1.165) is 22.2 Å². The van der Waals surface area contributed by atoms with Gasteiger partial charge in [0.1, 0.15) is 0 Å². The zero-order valence-corrected chi connectivity index (χ0v) is 8.93. The van der Waals surface area contributed by atoms with Crippen molar-refractivity contribution in [1.29, 1.82) is 0 Å². The van der Waals surface area contributed by atoms with Crippen molar-refractivity contribution in [2.24, 2.45) is 0 Å². The molecule has 0 aliphatic carbocycles. The summed E-state index contributed by atoms with van der Waals surface area (Å²) in [5.74, 6) is 0.794. The number of ether oxygens (including phenoxy) is 1. The van der Waals surface area contributed by atoms with Crippen LogP contribution in [0.3, 0.4) is 0 Å². The monoisotopic (exact) mass is 213 g/mol. The number of carbonyl (C=O) groups is 1. The molecule has 0 aromatic heterocycles. The highest BCUT2D eigenvalue weighted by Gasteiger charge is 2.23. The molecule has 0 N–H and O–H groups in total. The maximum absolute atomic E-state index is 11.5. The average molecular weight is 213 g/mol. The zero-order chi connectivity index (χ0) is 11.1. The van der Waals surface area contributed by atoms with Crippen LogP contribution in [0.5, 0.6) is 5.75 Å². The van der Waals surface area contributed by atoms with Crippen LogP contribution in [0.4, 0.5) is 5.69 Å². The van der Waals surface area contributed by atoms with Gasteiger partial charge in [-0.1, -0.05) is 30.3 Å². The number of hydrogen-bond acceptors (Lipinski definition) is 2. The standard InChI is InChI=1S/C13H11NO2/c1-14-11-7-6-9-4-2-3-5-10(9)13(11)16-8-12(14)15/h2-7H,8H2,1H3. The predicted molar refractivity (Wildman–Crippen MR) is 62.9 cm³/mol. The van der Waals surface area contributed by atoms with Crippen LogP contribution in [0.2, 0.25) is 0 Å². The van der Waals surface area contributed by atoms with Crippen molar-refractivity contribution < 1.29 is 9.53 Å². The summed E-state index contributed by atoms with van der Waals surface area (Å²) in [5, 5.41) is 2.18. The molecule has 1 heterocycles. The predicted octanol–water partition coefficient (Wildman–Crippen LogP) is 2.20. The molecular formula is C13H11NO2. The molecule has 80 valence electrons. The third kappa shape index (κ3) is 1.18. The van der Waals surface area contributed by atoms with E-state index in [-0.39, 0.29) is 12.5 Å². The lowest BCUT2D eigenvalue weighted by Crippen LogP contribution is -2.35. The first-order valence-corrected chi connectivity index (χ1v) is 5.18. The summed E-state index contributed by atoms with van der Waals surface area (Å²) in [5.41, 5.74) is 0.843. The molecule has 2 aromatic rings. The summed E-state index contributed by atoms with van der Waals surface area (Å²) in [6.45, 7) is 0.123. The topological polar surface area (TPSA) is 29.5 Å². The molecule has 0 unspecified atom stereocenters. The van der Waals surface area contributed by atoms with Crippen LogP contribution in [0.15, 0.2) is 36.4 Å². The molecule has 3 nitrogen and oxygen atoms in total. The van der Waals surface area contributed by atoms with E-state index in [2.05, 4.69) is 0 Å². The number of carbonyl (C=O) groups excluding carboxylic acids is 1. The maximum atomic E-state index is 11.5. The molecule has 0 saturated carbocycles. The summed E-state index contributed by atoms with van der Waals surface area (Å²) < 4.78 is 5.53. The highest BCUT2D eigenvalue weighted by atomic mass is 16.5. The largest absolute Gasteiger partial charge is 0.481 e. The first-order valence-electron chi connectivity index (χ1n) is 5.18. The van der Waals surface area contributed by atoms with E-state index in [1.807, 2.05) is 36.4 Å². The summed E-state index contributed by atoms with van der Waals surface area (Å²) in [4.78, 5) is 13.1. The number of rotatable bonds is 0. The number of amides is 1. The second kappa shape index (κ2) is 3.23. The molecule has 2 aromatic carbocycles. The molecule has 0 radical (unpaired) electrons. The number of likely N-dealkylation sites (N-methyl/N-ethyl adjacent to an activating group) is 1. The molecule has 3 heteroatoms. The van der Waals surface area contributed by atoms with E-state index < -0.39 is 0 Å². The third-order valence-electron chi connectivity index (χ3n) is 2.93. The van der Waals surface area contributed by atoms with Crippen molar-refractivity contribution in [3.8, 4) is 5.75 Å². The van der Waals surface area contributed by atoms with Crippen LogP contribution in [-0.2, 0) is 4.79 Å². The molecule has 1 aliphatic rings. The van der Waals surface area contributed by atoms with E-state index in [1.165, 1.54) is 0 Å². The summed E-state index contributed by atoms with van der Waals surface area (Å²) >= 11 is 0. The van der Waals surface area contributed by atoms with E-state index in [0.29, 0.717) is 0 Å². The number of nitrogens with zero attached hydrogens (tertiary/aromatic N) is 1. The third-order valence-corrected chi connectivity index (χ3v) is 2.93. The maximum Gasteiger partial charge on any atom is 0.264 e. The highest BCUT2D eigenvalue weighted by molar-refractivity contribution is 6.03. The zero-order valence-electron chi connectivity index (χ0n) is 8.93. The molecule has 1 aliphatic heterocycles. The van der Waals surface area contributed by atoms with Gasteiger partial charge in [0.2, 0.25) is 0 Å². The molecule has 1 amide bonds. The lowest BCUT2D eigenvalue weighted by molar-refractivity contribution is -0.120. The van der Waals surface area contributed by atoms with Crippen molar-refractivity contribution in [3.63, 3.8) is 0 Å². The lowest BCUT2D eigenvalue weighted by atomic mass is 10.1. The Morgan fingerprint density at radius 1 is 1.19 bits per heavy atom. The van der Waals surface area contributed by atoms with Crippen LogP contribution in [-0.4, -0.2) is 19.6 Å². The average Bonchev–Trinajstić information content (AvgIpc) is 2.33. The minimum Gasteiger partial charge on any atom is -0.481 e. The van der Waals surface area contributed by atoms with Crippen molar-refractivity contribution in [3.05, 3.63) is 36.4 Å². The molecule has 0 saturated heterocycles. The molecule has 0 fully saturated rings. The fourth-order valence-electron chi connectivity index (χ4n) is 2.01. The van der Waals surface area contributed by atoms with Crippen molar-refractivity contribution in [2.45, 2.75) is 0 Å². The summed E-state index contributed by atoms with van der Waals surface area (Å²) in [7, 11) is 1.78. The molecule has 0 spiro atoms. The van der Waals surface area contributed by atoms with Gasteiger partial charge >= 0.3 is 0 Å². The molecule has 3 rings (SSSR count). The minimum atomic E-state index is -0.0113. The van der Waals surface area contributed by atoms with Crippen LogP contribution < -0.4 is 9.64 Å². The Balaban J connectivity index is 2.31. The van der Waals surface area contributed by atoms with Gasteiger partial charge < -0.3 is 9.64 Å². The van der Waals surface area contributed by atoms with E-state index in [4.69, 9.17) is 4.74 Å². The Morgan fingerprint density at radius 3 is 2.88 bits per heavy atom. The SMILES string of the molecule is CN1C(=O)COc2c1ccc1ccccc21. The first-order chi connectivity index (χ1) is 7.77. The first kappa shape index (κ1) is 9.21. The Hall–Kier alpha value is -2.03. The lowest BCUT2D eigenvalue weighted by Gasteiger charge is -2.26. The summed E-state index contributed by atoms with van der Waals surface area (Å²) in [6.07, 6.45) is 0. The summed E-state index contributed by atoms with van der Waals surface area (Å²) in [6, 6.07) is 11.9. The van der Waals surface area contributed by atoms with Crippen molar-refractivity contribution >= 4 is 22.4 Å². The fourth-order valence-corrected chi connectivity index (χ4v) is 2.01. The van der Waals surface area contributed by atoms with E-state index in [9.17, 15) is 4.79 Å². The minimum absolute atomic E-state index is 0.0113. The molecule has 0 atom stereocenters. The fraction of sp³-hybridized carbons (Fsp3) is 0.154. The Morgan fingerprint density at radius 2 is 2.00 bits per heavy atom. The quantitative estimate of drug-likeness (QED) is 0.671. The van der Waals surface area contributed by atoms with Gasteiger partial charge in [0.05, 0.1) is 5.69 Å². The number of hydrogen-bond donors (Lipinski definition) is 0. The number of fused-ring (bicyclic) bond motifs is 3. The Labute approximate surface area is 93.2 Å². The highest BCUT2D eigenvalue weighted by Crippen LogP contribution is 2.37. The number of anilines is 1. The normalized spacial score (nSPS) is 14.8. The van der Waals surface area contributed by atoms with Crippen LogP contribution in [0.1, 0.15) is 0 Å². The van der Waals surface area contributed by atoms with Gasteiger partial charge in [0.25, 0.3) is 5.91 Å².